The molecule has 1 aliphatic heterocycles. The minimum atomic E-state index is -0.299. The van der Waals surface area contributed by atoms with E-state index in [0.717, 1.165) is 24.0 Å². The Morgan fingerprint density at radius 3 is 2.64 bits per heavy atom. The lowest BCUT2D eigenvalue weighted by Gasteiger charge is -2.35. The Labute approximate surface area is 149 Å². The summed E-state index contributed by atoms with van der Waals surface area (Å²) >= 11 is 0. The van der Waals surface area contributed by atoms with Crippen LogP contribution in [0.5, 0.6) is 0 Å². The number of carbonyl (C=O) groups is 1. The van der Waals surface area contributed by atoms with Crippen LogP contribution >= 0.6 is 0 Å². The number of allylic oxidation sites excluding steroid dienone is 1. The van der Waals surface area contributed by atoms with Gasteiger partial charge in [0.1, 0.15) is 5.82 Å². The third-order valence-electron chi connectivity index (χ3n) is 4.93. The van der Waals surface area contributed by atoms with Gasteiger partial charge in [-0.3, -0.25) is 4.79 Å². The molecule has 1 saturated heterocycles. The molecule has 4 nitrogen and oxygen atoms in total. The minimum Gasteiger partial charge on any atom is -0.396 e. The van der Waals surface area contributed by atoms with Crippen LogP contribution in [0.4, 0.5) is 4.39 Å². The van der Waals surface area contributed by atoms with E-state index in [1.165, 1.54) is 6.07 Å². The number of halogens is 1. The maximum Gasteiger partial charge on any atom is 0.244 e. The molecule has 0 aromatic heterocycles. The summed E-state index contributed by atoms with van der Waals surface area (Å²) in [7, 11) is 0. The van der Waals surface area contributed by atoms with Gasteiger partial charge in [-0.15, -0.1) is 0 Å². The minimum absolute atomic E-state index is 0.0363. The lowest BCUT2D eigenvalue weighted by atomic mass is 9.81. The largest absolute Gasteiger partial charge is 0.396 e. The van der Waals surface area contributed by atoms with Crippen LogP contribution in [-0.4, -0.2) is 37.4 Å². The van der Waals surface area contributed by atoms with E-state index in [9.17, 15) is 14.3 Å². The van der Waals surface area contributed by atoms with E-state index < -0.39 is 0 Å². The fraction of sp³-hybridized carbons (Fsp3) is 0.550. The predicted octanol–water partition coefficient (Wildman–Crippen LogP) is 3.08. The number of aliphatic hydroxyl groups is 1. The topological polar surface area (TPSA) is 58.6 Å². The van der Waals surface area contributed by atoms with E-state index in [-0.39, 0.29) is 29.7 Å². The Kier molecular flexibility index (Phi) is 6.73. The van der Waals surface area contributed by atoms with Gasteiger partial charge in [-0.05, 0) is 54.5 Å². The molecule has 1 fully saturated rings. The van der Waals surface area contributed by atoms with E-state index in [1.54, 1.807) is 25.1 Å². The van der Waals surface area contributed by atoms with Crippen molar-refractivity contribution in [2.24, 2.45) is 11.3 Å². The van der Waals surface area contributed by atoms with Crippen molar-refractivity contribution in [1.82, 2.24) is 5.32 Å². The smallest absolute Gasteiger partial charge is 0.244 e. The highest BCUT2D eigenvalue weighted by atomic mass is 19.1. The third-order valence-corrected chi connectivity index (χ3v) is 4.93. The number of carbonyl (C=O) groups excluding carboxylic acids is 1. The summed E-state index contributed by atoms with van der Waals surface area (Å²) in [6, 6.07) is 4.90. The fourth-order valence-corrected chi connectivity index (χ4v) is 3.07. The molecule has 2 rings (SSSR count). The Balaban J connectivity index is 2.11. The van der Waals surface area contributed by atoms with Crippen molar-refractivity contribution in [3.8, 4) is 0 Å². The molecule has 1 aromatic carbocycles. The molecular weight excluding hydrogens is 321 g/mol. The van der Waals surface area contributed by atoms with Crippen molar-refractivity contribution in [2.45, 2.75) is 33.6 Å². The average molecular weight is 349 g/mol. The SMILES string of the molecule is Cc1cc(/C(=C/C(=O)NCC2(CO)CCOCC2)C(C)C)ccc1F. The average Bonchev–Trinajstić information content (AvgIpc) is 2.61. The van der Waals surface area contributed by atoms with Gasteiger partial charge in [0.05, 0.1) is 6.61 Å². The van der Waals surface area contributed by atoms with E-state index in [4.69, 9.17) is 4.74 Å². The maximum atomic E-state index is 13.5. The molecule has 2 N–H and O–H groups in total. The Morgan fingerprint density at radius 2 is 2.08 bits per heavy atom. The number of nitrogens with one attached hydrogen (secondary N) is 1. The highest BCUT2D eigenvalue weighted by molar-refractivity contribution is 5.95. The second-order valence-corrected chi connectivity index (χ2v) is 7.21. The fourth-order valence-electron chi connectivity index (χ4n) is 3.07. The van der Waals surface area contributed by atoms with Crippen LogP contribution in [-0.2, 0) is 9.53 Å². The molecule has 1 aromatic rings. The molecular formula is C20H28FNO3. The zero-order valence-electron chi connectivity index (χ0n) is 15.3. The van der Waals surface area contributed by atoms with Gasteiger partial charge in [0.2, 0.25) is 5.91 Å². The molecule has 25 heavy (non-hydrogen) atoms. The first kappa shape index (κ1) is 19.6. The van der Waals surface area contributed by atoms with Gasteiger partial charge < -0.3 is 15.2 Å². The normalized spacial score (nSPS) is 17.6. The van der Waals surface area contributed by atoms with E-state index >= 15 is 0 Å². The van der Waals surface area contributed by atoms with Crippen LogP contribution in [0, 0.1) is 24.1 Å². The lowest BCUT2D eigenvalue weighted by molar-refractivity contribution is -0.117. The second-order valence-electron chi connectivity index (χ2n) is 7.21. The molecule has 1 amide bonds. The van der Waals surface area contributed by atoms with Gasteiger partial charge in [0.25, 0.3) is 0 Å². The standard InChI is InChI=1S/C20H28FNO3/c1-14(2)17(16-4-5-18(21)15(3)10-16)11-19(24)22-12-20(13-23)6-8-25-9-7-20/h4-5,10-11,14,23H,6-9,12-13H2,1-3H3,(H,22,24)/b17-11+. The van der Waals surface area contributed by atoms with Crippen molar-refractivity contribution < 1.29 is 19.0 Å². The molecule has 138 valence electrons. The summed E-state index contributed by atoms with van der Waals surface area (Å²) in [5.41, 5.74) is 1.98. The van der Waals surface area contributed by atoms with Gasteiger partial charge >= 0.3 is 0 Å². The maximum absolute atomic E-state index is 13.5. The first-order valence-electron chi connectivity index (χ1n) is 8.81. The van der Waals surface area contributed by atoms with Crippen LogP contribution in [0.3, 0.4) is 0 Å². The Hall–Kier alpha value is -1.72. The monoisotopic (exact) mass is 349 g/mol. The second kappa shape index (κ2) is 8.59. The zero-order valence-corrected chi connectivity index (χ0v) is 15.3. The lowest BCUT2D eigenvalue weighted by Crippen LogP contribution is -2.43. The van der Waals surface area contributed by atoms with Gasteiger partial charge in [-0.1, -0.05) is 19.9 Å². The summed E-state index contributed by atoms with van der Waals surface area (Å²) in [5, 5.41) is 12.6. The Morgan fingerprint density at radius 1 is 1.40 bits per heavy atom. The zero-order chi connectivity index (χ0) is 18.4. The molecule has 5 heteroatoms. The molecule has 1 aliphatic rings. The first-order chi connectivity index (χ1) is 11.9. The van der Waals surface area contributed by atoms with Crippen molar-refractivity contribution in [3.05, 3.63) is 41.2 Å². The quantitative estimate of drug-likeness (QED) is 0.776. The Bertz CT molecular complexity index is 634. The summed E-state index contributed by atoms with van der Waals surface area (Å²) in [6.45, 7) is 7.41. The molecule has 0 unspecified atom stereocenters. The van der Waals surface area contributed by atoms with Crippen molar-refractivity contribution in [3.63, 3.8) is 0 Å². The number of aryl methyl sites for hydroxylation is 1. The van der Waals surface area contributed by atoms with E-state index in [2.05, 4.69) is 5.32 Å². The van der Waals surface area contributed by atoms with Gasteiger partial charge in [-0.2, -0.15) is 0 Å². The first-order valence-corrected chi connectivity index (χ1v) is 8.81. The molecule has 1 heterocycles. The van der Waals surface area contributed by atoms with E-state index in [0.29, 0.717) is 25.3 Å². The number of benzene rings is 1. The van der Waals surface area contributed by atoms with Crippen LogP contribution in [0.2, 0.25) is 0 Å². The number of rotatable bonds is 6. The van der Waals surface area contributed by atoms with E-state index in [1.807, 2.05) is 13.8 Å². The number of amides is 1. The highest BCUT2D eigenvalue weighted by Crippen LogP contribution is 2.29. The van der Waals surface area contributed by atoms with Crippen molar-refractivity contribution >= 4 is 11.5 Å². The van der Waals surface area contributed by atoms with Gasteiger partial charge in [0.15, 0.2) is 0 Å². The number of hydrogen-bond acceptors (Lipinski definition) is 3. The van der Waals surface area contributed by atoms with Gasteiger partial charge in [0, 0.05) is 31.2 Å². The van der Waals surface area contributed by atoms with Crippen LogP contribution in [0.1, 0.15) is 37.8 Å². The van der Waals surface area contributed by atoms with Crippen molar-refractivity contribution in [2.75, 3.05) is 26.4 Å². The molecule has 0 bridgehead atoms. The third kappa shape index (κ3) is 5.13. The van der Waals surface area contributed by atoms with Crippen LogP contribution in [0.15, 0.2) is 24.3 Å². The van der Waals surface area contributed by atoms with Crippen LogP contribution in [0.25, 0.3) is 5.57 Å². The highest BCUT2D eigenvalue weighted by Gasteiger charge is 2.32. The predicted molar refractivity (Wildman–Crippen MR) is 96.5 cm³/mol. The summed E-state index contributed by atoms with van der Waals surface area (Å²) in [6.07, 6.45) is 3.06. The molecule has 0 spiro atoms. The van der Waals surface area contributed by atoms with Crippen molar-refractivity contribution in [1.29, 1.82) is 0 Å². The number of ether oxygens (including phenoxy) is 1. The molecule has 0 radical (unpaired) electrons. The summed E-state index contributed by atoms with van der Waals surface area (Å²) < 4.78 is 18.8. The number of hydrogen-bond donors (Lipinski definition) is 2. The summed E-state index contributed by atoms with van der Waals surface area (Å²) in [5.74, 6) is -0.309. The molecule has 0 saturated carbocycles. The van der Waals surface area contributed by atoms with Gasteiger partial charge in [-0.25, -0.2) is 4.39 Å². The molecule has 0 atom stereocenters. The number of aliphatic hydroxyl groups excluding tert-OH is 1. The molecule has 0 aliphatic carbocycles. The summed E-state index contributed by atoms with van der Waals surface area (Å²) in [4.78, 5) is 12.4. The van der Waals surface area contributed by atoms with Crippen LogP contribution < -0.4 is 5.32 Å².